The van der Waals surface area contributed by atoms with Crippen LogP contribution < -0.4 is 10.2 Å². The molecule has 1 aliphatic carbocycles. The molecule has 1 aromatic carbocycles. The molecule has 0 spiro atoms. The first-order chi connectivity index (χ1) is 12.5. The predicted molar refractivity (Wildman–Crippen MR) is 101 cm³/mol. The number of carbonyl (C=O) groups is 3. The minimum atomic E-state index is -0.184. The SMILES string of the molecule is CCN(C)c1cccc(NC(=O)CCN2C(=O)C3CCCCC3C2=O)c1. The number of rotatable bonds is 6. The lowest BCUT2D eigenvalue weighted by Gasteiger charge is -2.19. The summed E-state index contributed by atoms with van der Waals surface area (Å²) in [5.74, 6) is -0.656. The molecule has 26 heavy (non-hydrogen) atoms. The molecule has 140 valence electrons. The second kappa shape index (κ2) is 7.89. The van der Waals surface area contributed by atoms with Crippen molar-refractivity contribution < 1.29 is 14.4 Å². The van der Waals surface area contributed by atoms with Crippen molar-refractivity contribution in [3.8, 4) is 0 Å². The van der Waals surface area contributed by atoms with Crippen molar-refractivity contribution in [1.82, 2.24) is 4.90 Å². The van der Waals surface area contributed by atoms with Crippen LogP contribution >= 0.6 is 0 Å². The van der Waals surface area contributed by atoms with Gasteiger partial charge in [0.25, 0.3) is 0 Å². The predicted octanol–water partition coefficient (Wildman–Crippen LogP) is 2.65. The van der Waals surface area contributed by atoms with E-state index < -0.39 is 0 Å². The van der Waals surface area contributed by atoms with Crippen molar-refractivity contribution in [3.05, 3.63) is 24.3 Å². The summed E-state index contributed by atoms with van der Waals surface area (Å²) in [5, 5.41) is 2.86. The van der Waals surface area contributed by atoms with Crippen molar-refractivity contribution in [2.24, 2.45) is 11.8 Å². The number of nitrogens with zero attached hydrogens (tertiary/aromatic N) is 2. The molecule has 2 aliphatic rings. The zero-order chi connectivity index (χ0) is 18.7. The van der Waals surface area contributed by atoms with Gasteiger partial charge in [-0.3, -0.25) is 19.3 Å². The molecule has 1 saturated heterocycles. The second-order valence-electron chi connectivity index (χ2n) is 7.19. The summed E-state index contributed by atoms with van der Waals surface area (Å²) < 4.78 is 0. The smallest absolute Gasteiger partial charge is 0.233 e. The Balaban J connectivity index is 1.56. The van der Waals surface area contributed by atoms with Crippen LogP contribution in [-0.4, -0.2) is 42.8 Å². The number of carbonyl (C=O) groups excluding carboxylic acids is 3. The molecule has 1 heterocycles. The van der Waals surface area contributed by atoms with E-state index in [0.29, 0.717) is 0 Å². The average molecular weight is 357 g/mol. The van der Waals surface area contributed by atoms with Crippen LogP contribution in [0.4, 0.5) is 11.4 Å². The van der Waals surface area contributed by atoms with Gasteiger partial charge in [-0.05, 0) is 38.0 Å². The van der Waals surface area contributed by atoms with Crippen LogP contribution in [0.15, 0.2) is 24.3 Å². The third-order valence-electron chi connectivity index (χ3n) is 5.54. The Morgan fingerprint density at radius 2 is 1.85 bits per heavy atom. The number of amides is 3. The van der Waals surface area contributed by atoms with Gasteiger partial charge in [-0.2, -0.15) is 0 Å². The maximum atomic E-state index is 12.4. The van der Waals surface area contributed by atoms with Gasteiger partial charge in [0.1, 0.15) is 0 Å². The second-order valence-corrected chi connectivity index (χ2v) is 7.19. The monoisotopic (exact) mass is 357 g/mol. The summed E-state index contributed by atoms with van der Waals surface area (Å²) in [6.07, 6.45) is 3.75. The van der Waals surface area contributed by atoms with Crippen molar-refractivity contribution in [3.63, 3.8) is 0 Å². The van der Waals surface area contributed by atoms with Gasteiger partial charge in [-0.25, -0.2) is 0 Å². The quantitative estimate of drug-likeness (QED) is 0.795. The normalized spacial score (nSPS) is 22.3. The number of fused-ring (bicyclic) bond motifs is 1. The molecule has 3 amide bonds. The number of hydrogen-bond donors (Lipinski definition) is 1. The van der Waals surface area contributed by atoms with Gasteiger partial charge >= 0.3 is 0 Å². The summed E-state index contributed by atoms with van der Waals surface area (Å²) in [6, 6.07) is 7.64. The fourth-order valence-electron chi connectivity index (χ4n) is 3.89. The first-order valence-corrected chi connectivity index (χ1v) is 9.47. The van der Waals surface area contributed by atoms with E-state index in [0.717, 1.165) is 43.6 Å². The molecular weight excluding hydrogens is 330 g/mol. The first-order valence-electron chi connectivity index (χ1n) is 9.47. The topological polar surface area (TPSA) is 69.7 Å². The molecule has 6 nitrogen and oxygen atoms in total. The maximum absolute atomic E-state index is 12.4. The molecule has 1 saturated carbocycles. The number of anilines is 2. The van der Waals surface area contributed by atoms with E-state index in [1.165, 1.54) is 4.90 Å². The van der Waals surface area contributed by atoms with Gasteiger partial charge in [0.05, 0.1) is 11.8 Å². The summed E-state index contributed by atoms with van der Waals surface area (Å²) in [4.78, 5) is 40.5. The van der Waals surface area contributed by atoms with Gasteiger partial charge in [-0.1, -0.05) is 18.9 Å². The largest absolute Gasteiger partial charge is 0.375 e. The summed E-state index contributed by atoms with van der Waals surface area (Å²) in [5.41, 5.74) is 1.75. The van der Waals surface area contributed by atoms with Crippen LogP contribution in [0, 0.1) is 11.8 Å². The van der Waals surface area contributed by atoms with Crippen molar-refractivity contribution in [2.45, 2.75) is 39.0 Å². The Hall–Kier alpha value is -2.37. The Morgan fingerprint density at radius 3 is 2.46 bits per heavy atom. The molecule has 0 aromatic heterocycles. The van der Waals surface area contributed by atoms with E-state index in [1.807, 2.05) is 31.3 Å². The third kappa shape index (κ3) is 3.74. The molecule has 1 aromatic rings. The van der Waals surface area contributed by atoms with Crippen LogP contribution in [0.3, 0.4) is 0 Å². The summed E-state index contributed by atoms with van der Waals surface area (Å²) in [6.45, 7) is 3.11. The molecule has 3 rings (SSSR count). The molecule has 2 atom stereocenters. The van der Waals surface area contributed by atoms with Crippen molar-refractivity contribution in [1.29, 1.82) is 0 Å². The molecule has 6 heteroatoms. The number of hydrogen-bond acceptors (Lipinski definition) is 4. The highest BCUT2D eigenvalue weighted by atomic mass is 16.2. The standard InChI is InChI=1S/C20H27N3O3/c1-3-22(2)15-8-6-7-14(13-15)21-18(24)11-12-23-19(25)16-9-4-5-10-17(16)20(23)26/h6-8,13,16-17H,3-5,9-12H2,1-2H3,(H,21,24). The van der Waals surface area contributed by atoms with Gasteiger partial charge in [0.15, 0.2) is 0 Å². The summed E-state index contributed by atoms with van der Waals surface area (Å²) in [7, 11) is 1.99. The highest BCUT2D eigenvalue weighted by Gasteiger charge is 2.47. The van der Waals surface area contributed by atoms with Crippen LogP contribution in [0.1, 0.15) is 39.0 Å². The highest BCUT2D eigenvalue weighted by molar-refractivity contribution is 6.05. The zero-order valence-corrected chi connectivity index (χ0v) is 15.5. The van der Waals surface area contributed by atoms with Crippen molar-refractivity contribution in [2.75, 3.05) is 30.4 Å². The highest BCUT2D eigenvalue weighted by Crippen LogP contribution is 2.37. The van der Waals surface area contributed by atoms with E-state index in [-0.39, 0.29) is 42.5 Å². The van der Waals surface area contributed by atoms with Gasteiger partial charge in [0.2, 0.25) is 17.7 Å². The Bertz CT molecular complexity index is 679. The Kier molecular flexibility index (Phi) is 5.59. The molecule has 2 fully saturated rings. The molecular formula is C20H27N3O3. The number of imide groups is 1. The van der Waals surface area contributed by atoms with E-state index >= 15 is 0 Å². The van der Waals surface area contributed by atoms with E-state index in [2.05, 4.69) is 17.1 Å². The number of nitrogens with one attached hydrogen (secondary N) is 1. The van der Waals surface area contributed by atoms with E-state index in [9.17, 15) is 14.4 Å². The van der Waals surface area contributed by atoms with Crippen LogP contribution in [0.25, 0.3) is 0 Å². The van der Waals surface area contributed by atoms with Gasteiger partial charge in [-0.15, -0.1) is 0 Å². The fraction of sp³-hybridized carbons (Fsp3) is 0.550. The van der Waals surface area contributed by atoms with Crippen LogP contribution in [0.2, 0.25) is 0 Å². The Labute approximate surface area is 154 Å². The number of benzene rings is 1. The van der Waals surface area contributed by atoms with Gasteiger partial charge in [0, 0.05) is 37.9 Å². The summed E-state index contributed by atoms with van der Waals surface area (Å²) >= 11 is 0. The molecule has 1 N–H and O–H groups in total. The van der Waals surface area contributed by atoms with E-state index in [4.69, 9.17) is 0 Å². The minimum absolute atomic E-state index is 0.0842. The fourth-order valence-corrected chi connectivity index (χ4v) is 3.89. The third-order valence-corrected chi connectivity index (χ3v) is 5.54. The number of likely N-dealkylation sites (tertiary alicyclic amines) is 1. The average Bonchev–Trinajstić information content (AvgIpc) is 2.90. The molecule has 0 radical (unpaired) electrons. The lowest BCUT2D eigenvalue weighted by molar-refractivity contribution is -0.140. The van der Waals surface area contributed by atoms with Crippen molar-refractivity contribution >= 4 is 29.1 Å². The van der Waals surface area contributed by atoms with Crippen LogP contribution in [-0.2, 0) is 14.4 Å². The molecule has 0 bridgehead atoms. The first kappa shape index (κ1) is 18.4. The maximum Gasteiger partial charge on any atom is 0.233 e. The minimum Gasteiger partial charge on any atom is -0.375 e. The van der Waals surface area contributed by atoms with Gasteiger partial charge < -0.3 is 10.2 Å². The zero-order valence-electron chi connectivity index (χ0n) is 15.5. The lowest BCUT2D eigenvalue weighted by Crippen LogP contribution is -2.34. The Morgan fingerprint density at radius 1 is 1.19 bits per heavy atom. The molecule has 1 aliphatic heterocycles. The van der Waals surface area contributed by atoms with E-state index in [1.54, 1.807) is 0 Å². The lowest BCUT2D eigenvalue weighted by atomic mass is 9.81. The molecule has 2 unspecified atom stereocenters. The van der Waals surface area contributed by atoms with Crippen LogP contribution in [0.5, 0.6) is 0 Å².